The summed E-state index contributed by atoms with van der Waals surface area (Å²) in [5, 5.41) is 6.60. The molecule has 2 N–H and O–H groups in total. The molecule has 3 atom stereocenters. The van der Waals surface area contributed by atoms with Crippen molar-refractivity contribution in [1.29, 1.82) is 0 Å². The third kappa shape index (κ3) is 7.51. The number of rotatable bonds is 6. The Kier molecular flexibility index (Phi) is 7.23. The van der Waals surface area contributed by atoms with Crippen LogP contribution in [0.4, 0.5) is 4.79 Å². The van der Waals surface area contributed by atoms with Gasteiger partial charge in [0.05, 0.1) is 0 Å². The SMILES string of the molecule is C=CCC(C)NC1CCCCC1CNC(=O)OC(C)(C)C. The third-order valence-electron chi connectivity index (χ3n) is 3.84. The van der Waals surface area contributed by atoms with Crippen molar-refractivity contribution in [2.45, 2.75) is 77.5 Å². The van der Waals surface area contributed by atoms with Gasteiger partial charge in [0.1, 0.15) is 5.60 Å². The molecule has 4 heteroatoms. The molecular weight excluding hydrogens is 264 g/mol. The maximum atomic E-state index is 11.8. The largest absolute Gasteiger partial charge is 0.444 e. The Labute approximate surface area is 129 Å². The van der Waals surface area contributed by atoms with Crippen molar-refractivity contribution >= 4 is 6.09 Å². The lowest BCUT2D eigenvalue weighted by Gasteiger charge is -2.34. The fourth-order valence-corrected chi connectivity index (χ4v) is 2.88. The normalized spacial score (nSPS) is 24.2. The third-order valence-corrected chi connectivity index (χ3v) is 3.84. The first kappa shape index (κ1) is 18.0. The number of hydrogen-bond donors (Lipinski definition) is 2. The van der Waals surface area contributed by atoms with Crippen LogP contribution in [-0.2, 0) is 4.74 Å². The van der Waals surface area contributed by atoms with Gasteiger partial charge >= 0.3 is 6.09 Å². The first-order valence-corrected chi connectivity index (χ1v) is 8.15. The van der Waals surface area contributed by atoms with E-state index < -0.39 is 5.60 Å². The standard InChI is InChI=1S/C17H32N2O2/c1-6-9-13(2)19-15-11-8-7-10-14(15)12-18-16(20)21-17(3,4)5/h6,13-15,19H,1,7-12H2,2-5H3,(H,18,20). The van der Waals surface area contributed by atoms with Crippen LogP contribution in [0.15, 0.2) is 12.7 Å². The van der Waals surface area contributed by atoms with Crippen LogP contribution >= 0.6 is 0 Å². The summed E-state index contributed by atoms with van der Waals surface area (Å²) in [6.07, 6.45) is 7.47. The zero-order chi connectivity index (χ0) is 15.9. The summed E-state index contributed by atoms with van der Waals surface area (Å²) in [6.45, 7) is 12.3. The van der Waals surface area contributed by atoms with Gasteiger partial charge in [-0.1, -0.05) is 18.9 Å². The summed E-state index contributed by atoms with van der Waals surface area (Å²) in [5.41, 5.74) is -0.438. The molecule has 0 radical (unpaired) electrons. The van der Waals surface area contributed by atoms with Gasteiger partial charge in [-0.2, -0.15) is 0 Å². The number of nitrogens with one attached hydrogen (secondary N) is 2. The molecule has 0 aromatic heterocycles. The Hall–Kier alpha value is -1.03. The Morgan fingerprint density at radius 2 is 2.05 bits per heavy atom. The molecule has 3 unspecified atom stereocenters. The van der Waals surface area contributed by atoms with Crippen molar-refractivity contribution in [3.05, 3.63) is 12.7 Å². The molecule has 122 valence electrons. The maximum absolute atomic E-state index is 11.8. The van der Waals surface area contributed by atoms with Crippen LogP contribution in [0, 0.1) is 5.92 Å². The van der Waals surface area contributed by atoms with Gasteiger partial charge in [-0.05, 0) is 52.9 Å². The predicted molar refractivity (Wildman–Crippen MR) is 87.4 cm³/mol. The number of hydrogen-bond acceptors (Lipinski definition) is 3. The summed E-state index contributed by atoms with van der Waals surface area (Å²) >= 11 is 0. The van der Waals surface area contributed by atoms with Crippen LogP contribution in [0.3, 0.4) is 0 Å². The molecule has 0 saturated heterocycles. The van der Waals surface area contributed by atoms with E-state index in [1.807, 2.05) is 26.8 Å². The second kappa shape index (κ2) is 8.42. The molecule has 21 heavy (non-hydrogen) atoms. The molecule has 0 aliphatic heterocycles. The van der Waals surface area contributed by atoms with Gasteiger partial charge in [0.15, 0.2) is 0 Å². The molecule has 0 aromatic rings. The Bertz CT molecular complexity index is 336. The second-order valence-corrected chi connectivity index (χ2v) is 7.13. The molecule has 0 spiro atoms. The molecule has 1 rings (SSSR count). The minimum Gasteiger partial charge on any atom is -0.444 e. The summed E-state index contributed by atoms with van der Waals surface area (Å²) in [6, 6.07) is 0.915. The number of carbonyl (C=O) groups is 1. The maximum Gasteiger partial charge on any atom is 0.407 e. The molecule has 0 aromatic carbocycles. The van der Waals surface area contributed by atoms with Crippen LogP contribution in [0.2, 0.25) is 0 Å². The molecule has 1 aliphatic rings. The Morgan fingerprint density at radius 3 is 2.67 bits per heavy atom. The summed E-state index contributed by atoms with van der Waals surface area (Å²) in [7, 11) is 0. The van der Waals surface area contributed by atoms with Crippen LogP contribution in [0.5, 0.6) is 0 Å². The van der Waals surface area contributed by atoms with Gasteiger partial charge in [0, 0.05) is 18.6 Å². The molecule has 0 heterocycles. The minimum atomic E-state index is -0.438. The average Bonchev–Trinajstić information content (AvgIpc) is 2.36. The van der Waals surface area contributed by atoms with Crippen molar-refractivity contribution < 1.29 is 9.53 Å². The highest BCUT2D eigenvalue weighted by Crippen LogP contribution is 2.24. The highest BCUT2D eigenvalue weighted by molar-refractivity contribution is 5.67. The van der Waals surface area contributed by atoms with Gasteiger partial charge in [0.2, 0.25) is 0 Å². The molecule has 4 nitrogen and oxygen atoms in total. The fourth-order valence-electron chi connectivity index (χ4n) is 2.88. The van der Waals surface area contributed by atoms with E-state index in [1.165, 1.54) is 19.3 Å². The average molecular weight is 296 g/mol. The monoisotopic (exact) mass is 296 g/mol. The lowest BCUT2D eigenvalue weighted by Crippen LogP contribution is -2.47. The lowest BCUT2D eigenvalue weighted by atomic mass is 9.84. The molecular formula is C17H32N2O2. The van der Waals surface area contributed by atoms with Gasteiger partial charge in [-0.15, -0.1) is 6.58 Å². The predicted octanol–water partition coefficient (Wildman–Crippen LogP) is 3.62. The van der Waals surface area contributed by atoms with E-state index in [9.17, 15) is 4.79 Å². The molecule has 1 saturated carbocycles. The van der Waals surface area contributed by atoms with Crippen molar-refractivity contribution in [2.24, 2.45) is 5.92 Å². The fraction of sp³-hybridized carbons (Fsp3) is 0.824. The van der Waals surface area contributed by atoms with Crippen LogP contribution in [0.25, 0.3) is 0 Å². The molecule has 1 amide bonds. The van der Waals surface area contributed by atoms with E-state index in [2.05, 4.69) is 24.1 Å². The van der Waals surface area contributed by atoms with Gasteiger partial charge in [0.25, 0.3) is 0 Å². The zero-order valence-corrected chi connectivity index (χ0v) is 14.1. The van der Waals surface area contributed by atoms with Crippen molar-refractivity contribution in [3.63, 3.8) is 0 Å². The quantitative estimate of drug-likeness (QED) is 0.736. The summed E-state index contributed by atoms with van der Waals surface area (Å²) < 4.78 is 5.30. The van der Waals surface area contributed by atoms with E-state index in [1.54, 1.807) is 0 Å². The van der Waals surface area contributed by atoms with Gasteiger partial charge in [-0.3, -0.25) is 0 Å². The Balaban J connectivity index is 2.42. The van der Waals surface area contributed by atoms with Crippen molar-refractivity contribution in [2.75, 3.05) is 6.54 Å². The first-order valence-electron chi connectivity index (χ1n) is 8.15. The van der Waals surface area contributed by atoms with E-state index in [4.69, 9.17) is 4.74 Å². The smallest absolute Gasteiger partial charge is 0.407 e. The summed E-state index contributed by atoms with van der Waals surface area (Å²) in [5.74, 6) is 0.485. The summed E-state index contributed by atoms with van der Waals surface area (Å²) in [4.78, 5) is 11.8. The van der Waals surface area contributed by atoms with E-state index >= 15 is 0 Å². The minimum absolute atomic E-state index is 0.314. The number of amides is 1. The second-order valence-electron chi connectivity index (χ2n) is 7.13. The zero-order valence-electron chi connectivity index (χ0n) is 14.1. The van der Waals surface area contributed by atoms with Crippen molar-refractivity contribution in [1.82, 2.24) is 10.6 Å². The molecule has 0 bridgehead atoms. The van der Waals surface area contributed by atoms with E-state index in [0.29, 0.717) is 24.5 Å². The van der Waals surface area contributed by atoms with Crippen LogP contribution in [0.1, 0.15) is 59.8 Å². The van der Waals surface area contributed by atoms with E-state index in [-0.39, 0.29) is 6.09 Å². The topological polar surface area (TPSA) is 50.4 Å². The van der Waals surface area contributed by atoms with Gasteiger partial charge in [-0.25, -0.2) is 4.79 Å². The number of alkyl carbamates (subject to hydrolysis) is 1. The highest BCUT2D eigenvalue weighted by Gasteiger charge is 2.27. The highest BCUT2D eigenvalue weighted by atomic mass is 16.6. The lowest BCUT2D eigenvalue weighted by molar-refractivity contribution is 0.0510. The van der Waals surface area contributed by atoms with E-state index in [0.717, 1.165) is 12.8 Å². The number of carbonyl (C=O) groups excluding carboxylic acids is 1. The van der Waals surface area contributed by atoms with Crippen LogP contribution < -0.4 is 10.6 Å². The Morgan fingerprint density at radius 1 is 1.38 bits per heavy atom. The first-order chi connectivity index (χ1) is 9.81. The molecule has 1 fully saturated rings. The van der Waals surface area contributed by atoms with Crippen molar-refractivity contribution in [3.8, 4) is 0 Å². The number of ether oxygens (including phenoxy) is 1. The van der Waals surface area contributed by atoms with Crippen LogP contribution in [-0.4, -0.2) is 30.3 Å². The molecule has 1 aliphatic carbocycles. The van der Waals surface area contributed by atoms with Gasteiger partial charge < -0.3 is 15.4 Å².